The normalized spacial score (nSPS) is 58.0. The first kappa shape index (κ1) is 21.0. The maximum atomic E-state index is 11.3. The van der Waals surface area contributed by atoms with Crippen LogP contribution < -0.4 is 0 Å². The summed E-state index contributed by atoms with van der Waals surface area (Å²) >= 11 is 0. The highest BCUT2D eigenvalue weighted by Gasteiger charge is 2.72. The fourth-order valence-electron chi connectivity index (χ4n) is 6.96. The summed E-state index contributed by atoms with van der Waals surface area (Å²) in [4.78, 5) is 0. The predicted molar refractivity (Wildman–Crippen MR) is 100 cm³/mol. The van der Waals surface area contributed by atoms with E-state index in [0.717, 1.165) is 12.8 Å². The first-order valence-electron chi connectivity index (χ1n) is 10.6. The number of hydrogen-bond donors (Lipinski definition) is 5. The maximum Gasteiger partial charge on any atom is 0.186 e. The molecule has 3 aliphatic carbocycles. The van der Waals surface area contributed by atoms with E-state index in [-0.39, 0.29) is 22.9 Å². The standard InChI is InChI=1S/C21H36O7/c1-19(2)10-5-7-20(3)12(6-8-21(4,26)17(20)13(10)19)28-18-16(25)15(24)14(23)11(9-22)27-18/h10-18,22-26H,5-9H2,1-4H3/t10-,11-,12+,13-,14-,15+,16-,17+,18+,20-,21+/m1/s1. The summed E-state index contributed by atoms with van der Waals surface area (Å²) in [6, 6.07) is 0. The Morgan fingerprint density at radius 1 is 0.964 bits per heavy atom. The van der Waals surface area contributed by atoms with Crippen LogP contribution in [-0.4, -0.2) is 74.6 Å². The molecule has 4 fully saturated rings. The average molecular weight is 401 g/mol. The number of hydrogen-bond acceptors (Lipinski definition) is 7. The van der Waals surface area contributed by atoms with Crippen molar-refractivity contribution in [2.75, 3.05) is 6.61 Å². The van der Waals surface area contributed by atoms with E-state index in [1.807, 2.05) is 6.92 Å². The molecule has 4 aliphatic rings. The molecule has 5 N–H and O–H groups in total. The van der Waals surface area contributed by atoms with Gasteiger partial charge >= 0.3 is 0 Å². The van der Waals surface area contributed by atoms with E-state index in [0.29, 0.717) is 24.7 Å². The van der Waals surface area contributed by atoms with Crippen molar-refractivity contribution in [2.24, 2.45) is 28.6 Å². The SMILES string of the molecule is CC1(C)[C@@H]2[C@H]1CC[C@]1(C)[C@@H](O[C@@H]3O[C@H](CO)[C@@H](O)[C@H](O)[C@H]3O)CC[C@](C)(O)[C@@H]21. The number of ether oxygens (including phenoxy) is 2. The molecule has 7 nitrogen and oxygen atoms in total. The van der Waals surface area contributed by atoms with Crippen LogP contribution >= 0.6 is 0 Å². The van der Waals surface area contributed by atoms with Gasteiger partial charge in [0, 0.05) is 0 Å². The summed E-state index contributed by atoms with van der Waals surface area (Å²) in [5.74, 6) is 1.17. The lowest BCUT2D eigenvalue weighted by Gasteiger charge is -2.57. The van der Waals surface area contributed by atoms with Gasteiger partial charge in [0.05, 0.1) is 18.3 Å². The second kappa shape index (κ2) is 6.61. The van der Waals surface area contributed by atoms with E-state index < -0.39 is 42.9 Å². The molecule has 28 heavy (non-hydrogen) atoms. The first-order valence-corrected chi connectivity index (χ1v) is 10.6. The summed E-state index contributed by atoms with van der Waals surface area (Å²) in [6.45, 7) is 8.21. The third-order valence-corrected chi connectivity index (χ3v) is 8.67. The van der Waals surface area contributed by atoms with Crippen molar-refractivity contribution in [3.8, 4) is 0 Å². The molecule has 4 rings (SSSR count). The molecule has 1 saturated heterocycles. The third kappa shape index (κ3) is 2.89. The van der Waals surface area contributed by atoms with Crippen molar-refractivity contribution in [1.29, 1.82) is 0 Å². The van der Waals surface area contributed by atoms with Gasteiger partial charge in [-0.05, 0) is 61.2 Å². The van der Waals surface area contributed by atoms with Crippen molar-refractivity contribution >= 4 is 0 Å². The number of fused-ring (bicyclic) bond motifs is 3. The molecule has 0 aromatic rings. The monoisotopic (exact) mass is 400 g/mol. The largest absolute Gasteiger partial charge is 0.394 e. The molecule has 1 heterocycles. The Morgan fingerprint density at radius 2 is 1.64 bits per heavy atom. The van der Waals surface area contributed by atoms with Crippen LogP contribution in [0.15, 0.2) is 0 Å². The van der Waals surface area contributed by atoms with E-state index in [1.54, 1.807) is 0 Å². The second-order valence-electron chi connectivity index (χ2n) is 10.7. The minimum absolute atomic E-state index is 0.0948. The highest BCUT2D eigenvalue weighted by molar-refractivity contribution is 5.20. The Morgan fingerprint density at radius 3 is 2.29 bits per heavy atom. The van der Waals surface area contributed by atoms with Crippen molar-refractivity contribution < 1.29 is 35.0 Å². The van der Waals surface area contributed by atoms with Crippen LogP contribution in [0.3, 0.4) is 0 Å². The zero-order valence-corrected chi connectivity index (χ0v) is 17.3. The minimum atomic E-state index is -1.44. The number of aliphatic hydroxyl groups excluding tert-OH is 4. The Balaban J connectivity index is 1.57. The Hall–Kier alpha value is -0.280. The van der Waals surface area contributed by atoms with Crippen molar-refractivity contribution in [3.05, 3.63) is 0 Å². The lowest BCUT2D eigenvalue weighted by Crippen LogP contribution is -2.63. The van der Waals surface area contributed by atoms with Gasteiger partial charge in [-0.2, -0.15) is 0 Å². The molecule has 162 valence electrons. The molecular weight excluding hydrogens is 364 g/mol. The van der Waals surface area contributed by atoms with Crippen LogP contribution in [-0.2, 0) is 9.47 Å². The van der Waals surface area contributed by atoms with Gasteiger partial charge in [-0.1, -0.05) is 20.8 Å². The molecule has 0 amide bonds. The maximum absolute atomic E-state index is 11.3. The molecule has 0 unspecified atom stereocenters. The smallest absolute Gasteiger partial charge is 0.186 e. The molecule has 0 bridgehead atoms. The number of rotatable bonds is 3. The van der Waals surface area contributed by atoms with Crippen LogP contribution in [0.25, 0.3) is 0 Å². The van der Waals surface area contributed by atoms with E-state index in [1.165, 1.54) is 0 Å². The fraction of sp³-hybridized carbons (Fsp3) is 1.00. The van der Waals surface area contributed by atoms with Crippen LogP contribution in [0.4, 0.5) is 0 Å². The van der Waals surface area contributed by atoms with Gasteiger partial charge in [-0.25, -0.2) is 0 Å². The lowest BCUT2D eigenvalue weighted by molar-refractivity contribution is -0.331. The quantitative estimate of drug-likeness (QED) is 0.465. The number of aliphatic hydroxyl groups is 5. The Labute approximate surface area is 166 Å². The topological polar surface area (TPSA) is 120 Å². The highest BCUT2D eigenvalue weighted by Crippen LogP contribution is 2.74. The lowest BCUT2D eigenvalue weighted by atomic mass is 9.53. The van der Waals surface area contributed by atoms with Crippen LogP contribution in [0.1, 0.15) is 53.4 Å². The van der Waals surface area contributed by atoms with Gasteiger partial charge in [0.2, 0.25) is 0 Å². The van der Waals surface area contributed by atoms with Gasteiger partial charge in [0.15, 0.2) is 6.29 Å². The Bertz CT molecular complexity index is 606. The molecule has 7 heteroatoms. The van der Waals surface area contributed by atoms with Gasteiger partial charge in [0.1, 0.15) is 24.4 Å². The van der Waals surface area contributed by atoms with Crippen molar-refractivity contribution in [1.82, 2.24) is 0 Å². The molecule has 0 radical (unpaired) electrons. The van der Waals surface area contributed by atoms with Crippen molar-refractivity contribution in [3.63, 3.8) is 0 Å². The summed E-state index contributed by atoms with van der Waals surface area (Å²) in [6.07, 6.45) is -3.30. The minimum Gasteiger partial charge on any atom is -0.394 e. The first-order chi connectivity index (χ1) is 12.9. The molecule has 0 aromatic carbocycles. The van der Waals surface area contributed by atoms with Crippen LogP contribution in [0.5, 0.6) is 0 Å². The summed E-state index contributed by atoms with van der Waals surface area (Å²) in [5.41, 5.74) is -0.811. The van der Waals surface area contributed by atoms with Gasteiger partial charge in [-0.15, -0.1) is 0 Å². The molecular formula is C21H36O7. The molecule has 11 atom stereocenters. The van der Waals surface area contributed by atoms with Gasteiger partial charge < -0.3 is 35.0 Å². The van der Waals surface area contributed by atoms with E-state index in [4.69, 9.17) is 9.47 Å². The summed E-state index contributed by atoms with van der Waals surface area (Å²) in [7, 11) is 0. The molecule has 1 aliphatic heterocycles. The van der Waals surface area contributed by atoms with Gasteiger partial charge in [0.25, 0.3) is 0 Å². The summed E-state index contributed by atoms with van der Waals surface area (Å²) < 4.78 is 11.8. The second-order valence-corrected chi connectivity index (χ2v) is 10.7. The molecule has 0 spiro atoms. The zero-order valence-electron chi connectivity index (χ0n) is 17.3. The van der Waals surface area contributed by atoms with Crippen molar-refractivity contribution in [2.45, 2.75) is 95.8 Å². The average Bonchev–Trinajstić information content (AvgIpc) is 3.17. The summed E-state index contributed by atoms with van der Waals surface area (Å²) in [5, 5.41) is 51.2. The molecule has 3 saturated carbocycles. The zero-order chi connectivity index (χ0) is 20.6. The van der Waals surface area contributed by atoms with E-state index >= 15 is 0 Å². The van der Waals surface area contributed by atoms with Crippen LogP contribution in [0.2, 0.25) is 0 Å². The fourth-order valence-corrected chi connectivity index (χ4v) is 6.96. The third-order valence-electron chi connectivity index (χ3n) is 8.67. The van der Waals surface area contributed by atoms with E-state index in [9.17, 15) is 25.5 Å². The molecule has 0 aromatic heterocycles. The van der Waals surface area contributed by atoms with E-state index in [2.05, 4.69) is 20.8 Å². The highest BCUT2D eigenvalue weighted by atomic mass is 16.7. The predicted octanol–water partition coefficient (Wildman–Crippen LogP) is 0.405. The van der Waals surface area contributed by atoms with Crippen LogP contribution in [0, 0.1) is 28.6 Å². The van der Waals surface area contributed by atoms with Gasteiger partial charge in [-0.3, -0.25) is 0 Å². The Kier molecular flexibility index (Phi) is 4.95.